The fourth-order valence-electron chi connectivity index (χ4n) is 2.57. The van der Waals surface area contributed by atoms with Crippen LogP contribution >= 0.6 is 0 Å². The maximum absolute atomic E-state index is 11.7. The highest BCUT2D eigenvalue weighted by molar-refractivity contribution is 6.83. The quantitative estimate of drug-likeness (QED) is 0.758. The second-order valence-electron chi connectivity index (χ2n) is 5.43. The molecule has 0 aromatic heterocycles. The summed E-state index contributed by atoms with van der Waals surface area (Å²) in [5.41, 5.74) is 0.178. The number of hydrogen-bond donors (Lipinski definition) is 2. The first-order chi connectivity index (χ1) is 7.64. The zero-order valence-corrected chi connectivity index (χ0v) is 11.5. The molecular formula is C12H18O4Si. The van der Waals surface area contributed by atoms with Crippen molar-refractivity contribution in [3.05, 3.63) is 23.8 Å². The Labute approximate surface area is 102 Å². The molecule has 0 aliphatic heterocycles. The van der Waals surface area contributed by atoms with Gasteiger partial charge in [-0.2, -0.15) is 0 Å². The van der Waals surface area contributed by atoms with E-state index in [1.54, 1.807) is 19.1 Å². The van der Waals surface area contributed by atoms with Gasteiger partial charge in [0.2, 0.25) is 0 Å². The van der Waals surface area contributed by atoms with Crippen LogP contribution in [0.25, 0.3) is 0 Å². The highest BCUT2D eigenvalue weighted by Crippen LogP contribution is 2.51. The summed E-state index contributed by atoms with van der Waals surface area (Å²) in [5, 5.41) is 17.6. The number of aliphatic carboxylic acids is 2. The van der Waals surface area contributed by atoms with Crippen molar-refractivity contribution < 1.29 is 19.8 Å². The molecule has 94 valence electrons. The van der Waals surface area contributed by atoms with E-state index in [1.165, 1.54) is 6.08 Å². The normalized spacial score (nSPS) is 28.7. The Kier molecular flexibility index (Phi) is 3.34. The Balaban J connectivity index is 3.39. The Bertz CT molecular complexity index is 417. The molecule has 2 N–H and O–H groups in total. The Morgan fingerprint density at radius 3 is 2.18 bits per heavy atom. The highest BCUT2D eigenvalue weighted by atomic mass is 28.3. The summed E-state index contributed by atoms with van der Waals surface area (Å²) in [6.45, 7) is 7.54. The summed E-state index contributed by atoms with van der Waals surface area (Å²) in [6, 6.07) is 0. The predicted octanol–water partition coefficient (Wildman–Crippen LogP) is 2.37. The molecule has 0 radical (unpaired) electrons. The molecule has 0 spiro atoms. The van der Waals surface area contributed by atoms with Crippen molar-refractivity contribution in [2.24, 2.45) is 5.92 Å². The van der Waals surface area contributed by atoms with Gasteiger partial charge in [0.05, 0.1) is 13.1 Å². The first-order valence-corrected chi connectivity index (χ1v) is 9.00. The van der Waals surface area contributed by atoms with Crippen LogP contribution in [0.2, 0.25) is 24.7 Å². The largest absolute Gasteiger partial charge is 0.481 e. The maximum atomic E-state index is 11.7. The van der Waals surface area contributed by atoms with Crippen molar-refractivity contribution in [3.63, 3.8) is 0 Å². The lowest BCUT2D eigenvalue weighted by Gasteiger charge is -2.43. The highest BCUT2D eigenvalue weighted by Gasteiger charge is 2.54. The summed E-state index contributed by atoms with van der Waals surface area (Å²) in [7, 11) is -2.11. The van der Waals surface area contributed by atoms with Gasteiger partial charge in [0, 0.05) is 11.5 Å². The lowest BCUT2D eigenvalue weighted by Crippen LogP contribution is -2.50. The molecule has 1 aliphatic rings. The topological polar surface area (TPSA) is 74.6 Å². The molecule has 0 saturated carbocycles. The lowest BCUT2D eigenvalue weighted by molar-refractivity contribution is -0.140. The van der Waals surface area contributed by atoms with Gasteiger partial charge in [0.1, 0.15) is 0 Å². The zero-order valence-electron chi connectivity index (χ0n) is 10.5. The SMILES string of the molecule is CC1C(C(=O)O)=CC=CC1(C(=O)O)[Si](C)(C)C. The van der Waals surface area contributed by atoms with Crippen molar-refractivity contribution in [1.82, 2.24) is 0 Å². The van der Waals surface area contributed by atoms with Gasteiger partial charge in [0.15, 0.2) is 0 Å². The third-order valence-electron chi connectivity index (χ3n) is 3.63. The van der Waals surface area contributed by atoms with Crippen LogP contribution in [0.15, 0.2) is 23.8 Å². The summed E-state index contributed by atoms with van der Waals surface area (Å²) >= 11 is 0. The molecule has 0 saturated heterocycles. The van der Waals surface area contributed by atoms with Crippen LogP contribution in [0.3, 0.4) is 0 Å². The van der Waals surface area contributed by atoms with Crippen LogP contribution in [-0.2, 0) is 9.59 Å². The van der Waals surface area contributed by atoms with E-state index in [0.29, 0.717) is 0 Å². The molecule has 0 aromatic rings. The van der Waals surface area contributed by atoms with Crippen LogP contribution in [0.1, 0.15) is 6.92 Å². The Hall–Kier alpha value is -1.36. The predicted molar refractivity (Wildman–Crippen MR) is 67.7 cm³/mol. The molecule has 4 nitrogen and oxygen atoms in total. The third kappa shape index (κ3) is 1.95. The minimum atomic E-state index is -2.11. The molecule has 0 amide bonds. The third-order valence-corrected chi connectivity index (χ3v) is 6.92. The summed E-state index contributed by atoms with van der Waals surface area (Å²) in [6.07, 6.45) is 4.73. The Morgan fingerprint density at radius 2 is 1.82 bits per heavy atom. The van der Waals surface area contributed by atoms with Gasteiger partial charge < -0.3 is 10.2 Å². The standard InChI is InChI=1S/C12H18O4Si/c1-8-9(10(13)14)6-5-7-12(8,11(15)16)17(2,3)4/h5-8H,1-4H3,(H,13,14)(H,15,16). The molecule has 0 fully saturated rings. The molecule has 2 atom stereocenters. The monoisotopic (exact) mass is 254 g/mol. The first-order valence-electron chi connectivity index (χ1n) is 5.50. The number of carboxylic acid groups (broad SMARTS) is 2. The average Bonchev–Trinajstić information content (AvgIpc) is 2.14. The summed E-state index contributed by atoms with van der Waals surface area (Å²) in [4.78, 5) is 22.8. The van der Waals surface area contributed by atoms with Gasteiger partial charge >= 0.3 is 11.9 Å². The second-order valence-corrected chi connectivity index (χ2v) is 10.8. The number of hydrogen-bond acceptors (Lipinski definition) is 2. The van der Waals surface area contributed by atoms with Crippen LogP contribution < -0.4 is 0 Å². The van der Waals surface area contributed by atoms with Crippen LogP contribution in [-0.4, -0.2) is 30.2 Å². The lowest BCUT2D eigenvalue weighted by atomic mass is 9.82. The minimum absolute atomic E-state index is 0.178. The van der Waals surface area contributed by atoms with Crippen LogP contribution in [0.5, 0.6) is 0 Å². The van der Waals surface area contributed by atoms with Gasteiger partial charge in [-0.1, -0.05) is 44.8 Å². The molecule has 1 aliphatic carbocycles. The summed E-state index contributed by atoms with van der Waals surface area (Å²) in [5.74, 6) is -2.47. The van der Waals surface area contributed by atoms with Crippen molar-refractivity contribution >= 4 is 20.0 Å². The molecule has 17 heavy (non-hydrogen) atoms. The number of carboxylic acids is 2. The maximum Gasteiger partial charge on any atom is 0.331 e. The number of carbonyl (C=O) groups is 2. The van der Waals surface area contributed by atoms with E-state index < -0.39 is 31.0 Å². The van der Waals surface area contributed by atoms with Gasteiger partial charge in [-0.25, -0.2) is 4.79 Å². The van der Waals surface area contributed by atoms with Crippen molar-refractivity contribution in [3.8, 4) is 0 Å². The van der Waals surface area contributed by atoms with Crippen LogP contribution in [0, 0.1) is 5.92 Å². The fourth-order valence-corrected chi connectivity index (χ4v) is 5.26. The number of rotatable bonds is 3. The summed E-state index contributed by atoms with van der Waals surface area (Å²) < 4.78 is 0. The van der Waals surface area contributed by atoms with E-state index >= 15 is 0 Å². The molecule has 0 aromatic carbocycles. The fraction of sp³-hybridized carbons (Fsp3) is 0.500. The van der Waals surface area contributed by atoms with Crippen molar-refractivity contribution in [2.75, 3.05) is 0 Å². The molecule has 2 unspecified atom stereocenters. The Morgan fingerprint density at radius 1 is 1.29 bits per heavy atom. The van der Waals surface area contributed by atoms with Gasteiger partial charge in [-0.3, -0.25) is 4.79 Å². The minimum Gasteiger partial charge on any atom is -0.481 e. The van der Waals surface area contributed by atoms with E-state index in [-0.39, 0.29) is 5.57 Å². The second kappa shape index (κ2) is 4.14. The van der Waals surface area contributed by atoms with Gasteiger partial charge in [0.25, 0.3) is 0 Å². The number of allylic oxidation sites excluding steroid dienone is 2. The molecule has 0 heterocycles. The van der Waals surface area contributed by atoms with Gasteiger partial charge in [-0.15, -0.1) is 0 Å². The van der Waals surface area contributed by atoms with Crippen molar-refractivity contribution in [2.45, 2.75) is 31.6 Å². The molecule has 1 rings (SSSR count). The average molecular weight is 254 g/mol. The molecule has 5 heteroatoms. The zero-order chi connectivity index (χ0) is 13.4. The van der Waals surface area contributed by atoms with E-state index in [4.69, 9.17) is 5.11 Å². The smallest absolute Gasteiger partial charge is 0.331 e. The van der Waals surface area contributed by atoms with Crippen molar-refractivity contribution in [1.29, 1.82) is 0 Å². The molecular weight excluding hydrogens is 236 g/mol. The van der Waals surface area contributed by atoms with Gasteiger partial charge in [-0.05, 0) is 0 Å². The van der Waals surface area contributed by atoms with E-state index in [9.17, 15) is 14.7 Å². The molecule has 0 bridgehead atoms. The van der Waals surface area contributed by atoms with E-state index in [1.807, 2.05) is 19.6 Å². The first kappa shape index (κ1) is 13.7. The van der Waals surface area contributed by atoms with Crippen LogP contribution in [0.4, 0.5) is 0 Å². The van der Waals surface area contributed by atoms with E-state index in [2.05, 4.69) is 0 Å². The van der Waals surface area contributed by atoms with E-state index in [0.717, 1.165) is 0 Å².